The molecule has 0 unspecified atom stereocenters. The molecule has 2 heterocycles. The molecule has 3 aromatic rings. The molecular weight excluding hydrogens is 366 g/mol. The van der Waals surface area contributed by atoms with Gasteiger partial charge in [0.15, 0.2) is 5.13 Å². The van der Waals surface area contributed by atoms with E-state index >= 15 is 0 Å². The molecule has 2 N–H and O–H groups in total. The fourth-order valence-corrected chi connectivity index (χ4v) is 4.63. The summed E-state index contributed by atoms with van der Waals surface area (Å²) >= 11 is 2.49. The minimum Gasteiger partial charge on any atom is -0.298 e. The number of anilines is 2. The number of aryl methyl sites for hydroxylation is 1. The summed E-state index contributed by atoms with van der Waals surface area (Å²) in [6.07, 6.45) is 0. The average molecular weight is 379 g/mol. The SMILES string of the molecule is Cc1csc(NC(=O)c2ccc(NS(=O)(=O)c3cccs3)cc2)n1. The van der Waals surface area contributed by atoms with Crippen LogP contribution in [0.5, 0.6) is 0 Å². The standard InChI is InChI=1S/C15H13N3O3S3/c1-10-9-23-15(16-10)17-14(19)11-4-6-12(7-5-11)18-24(20,21)13-3-2-8-22-13/h2-9,18H,1H3,(H,16,17,19). The normalized spacial score (nSPS) is 11.2. The van der Waals surface area contributed by atoms with Crippen molar-refractivity contribution in [2.24, 2.45) is 0 Å². The lowest BCUT2D eigenvalue weighted by Crippen LogP contribution is -2.13. The highest BCUT2D eigenvalue weighted by atomic mass is 32.2. The van der Waals surface area contributed by atoms with E-state index in [1.54, 1.807) is 35.7 Å². The summed E-state index contributed by atoms with van der Waals surface area (Å²) in [5, 5.41) is 6.77. The number of aromatic nitrogens is 1. The minimum absolute atomic E-state index is 0.239. The molecule has 0 aliphatic carbocycles. The highest BCUT2D eigenvalue weighted by molar-refractivity contribution is 7.94. The molecule has 0 saturated carbocycles. The molecule has 1 amide bonds. The van der Waals surface area contributed by atoms with Crippen molar-refractivity contribution in [3.05, 3.63) is 58.4 Å². The van der Waals surface area contributed by atoms with Crippen molar-refractivity contribution in [1.82, 2.24) is 4.98 Å². The second kappa shape index (κ2) is 6.71. The summed E-state index contributed by atoms with van der Waals surface area (Å²) in [6, 6.07) is 9.42. The smallest absolute Gasteiger partial charge is 0.271 e. The first kappa shape index (κ1) is 16.6. The highest BCUT2D eigenvalue weighted by Crippen LogP contribution is 2.21. The van der Waals surface area contributed by atoms with E-state index in [1.807, 2.05) is 12.3 Å². The van der Waals surface area contributed by atoms with Crippen molar-refractivity contribution in [2.45, 2.75) is 11.1 Å². The van der Waals surface area contributed by atoms with Gasteiger partial charge in [0, 0.05) is 16.6 Å². The van der Waals surface area contributed by atoms with E-state index in [0.717, 1.165) is 17.0 Å². The zero-order valence-corrected chi connectivity index (χ0v) is 15.0. The summed E-state index contributed by atoms with van der Waals surface area (Å²) < 4.78 is 27.0. The van der Waals surface area contributed by atoms with E-state index in [4.69, 9.17) is 0 Å². The molecular formula is C15H13N3O3S3. The molecule has 1 aromatic carbocycles. The van der Waals surface area contributed by atoms with Gasteiger partial charge < -0.3 is 0 Å². The quantitative estimate of drug-likeness (QED) is 0.709. The monoisotopic (exact) mass is 379 g/mol. The van der Waals surface area contributed by atoms with Crippen molar-refractivity contribution in [2.75, 3.05) is 10.0 Å². The molecule has 0 spiro atoms. The van der Waals surface area contributed by atoms with Crippen LogP contribution in [-0.4, -0.2) is 19.3 Å². The first-order valence-electron chi connectivity index (χ1n) is 6.84. The van der Waals surface area contributed by atoms with Gasteiger partial charge in [0.2, 0.25) is 0 Å². The number of carbonyl (C=O) groups excluding carboxylic acids is 1. The van der Waals surface area contributed by atoms with Crippen LogP contribution in [0.25, 0.3) is 0 Å². The second-order valence-corrected chi connectivity index (χ2v) is 8.58. The fraction of sp³-hybridized carbons (Fsp3) is 0.0667. The van der Waals surface area contributed by atoms with Gasteiger partial charge in [-0.3, -0.25) is 14.8 Å². The van der Waals surface area contributed by atoms with Crippen LogP contribution in [0.4, 0.5) is 10.8 Å². The molecule has 124 valence electrons. The molecule has 0 radical (unpaired) electrons. The molecule has 0 fully saturated rings. The first-order chi connectivity index (χ1) is 11.4. The molecule has 2 aromatic heterocycles. The van der Waals surface area contributed by atoms with Crippen molar-refractivity contribution in [3.8, 4) is 0 Å². The Hall–Kier alpha value is -2.23. The van der Waals surface area contributed by atoms with Crippen molar-refractivity contribution in [3.63, 3.8) is 0 Å². The van der Waals surface area contributed by atoms with E-state index in [2.05, 4.69) is 15.0 Å². The van der Waals surface area contributed by atoms with Crippen LogP contribution in [-0.2, 0) is 10.0 Å². The van der Waals surface area contributed by atoms with Gasteiger partial charge in [-0.2, -0.15) is 0 Å². The number of amides is 1. The minimum atomic E-state index is -3.59. The number of rotatable bonds is 5. The number of thiazole rings is 1. The van der Waals surface area contributed by atoms with Gasteiger partial charge in [-0.1, -0.05) is 6.07 Å². The van der Waals surface area contributed by atoms with E-state index < -0.39 is 10.0 Å². The third-order valence-corrected chi connectivity index (χ3v) is 6.65. The molecule has 9 heteroatoms. The predicted molar refractivity (Wildman–Crippen MR) is 96.4 cm³/mol. The number of thiophene rings is 1. The van der Waals surface area contributed by atoms with Crippen LogP contribution in [0.15, 0.2) is 51.4 Å². The maximum absolute atomic E-state index is 12.1. The third-order valence-electron chi connectivity index (χ3n) is 3.00. The van der Waals surface area contributed by atoms with Gasteiger partial charge in [-0.15, -0.1) is 22.7 Å². The Bertz CT molecular complexity index is 946. The van der Waals surface area contributed by atoms with Crippen molar-refractivity contribution >= 4 is 49.4 Å². The molecule has 0 saturated heterocycles. The zero-order chi connectivity index (χ0) is 17.2. The van der Waals surface area contributed by atoms with E-state index in [-0.39, 0.29) is 10.1 Å². The number of nitrogens with zero attached hydrogens (tertiary/aromatic N) is 1. The maximum atomic E-state index is 12.1. The van der Waals surface area contributed by atoms with Crippen LogP contribution >= 0.6 is 22.7 Å². The Morgan fingerprint density at radius 2 is 1.88 bits per heavy atom. The lowest BCUT2D eigenvalue weighted by Gasteiger charge is -2.07. The third kappa shape index (κ3) is 3.81. The number of nitrogens with one attached hydrogen (secondary N) is 2. The van der Waals surface area contributed by atoms with Crippen molar-refractivity contribution in [1.29, 1.82) is 0 Å². The molecule has 0 atom stereocenters. The van der Waals surface area contributed by atoms with Gasteiger partial charge in [-0.25, -0.2) is 13.4 Å². The van der Waals surface area contributed by atoms with Crippen molar-refractivity contribution < 1.29 is 13.2 Å². The number of carbonyl (C=O) groups is 1. The summed E-state index contributed by atoms with van der Waals surface area (Å²) in [7, 11) is -3.59. The largest absolute Gasteiger partial charge is 0.298 e. The number of hydrogen-bond acceptors (Lipinski definition) is 6. The van der Waals surface area contributed by atoms with E-state index in [1.165, 1.54) is 17.4 Å². The van der Waals surface area contributed by atoms with Crippen LogP contribution in [0.3, 0.4) is 0 Å². The lowest BCUT2D eigenvalue weighted by atomic mass is 10.2. The lowest BCUT2D eigenvalue weighted by molar-refractivity contribution is 0.102. The zero-order valence-electron chi connectivity index (χ0n) is 12.5. The summed E-state index contributed by atoms with van der Waals surface area (Å²) in [5.74, 6) is -0.294. The van der Waals surface area contributed by atoms with Gasteiger partial charge in [0.25, 0.3) is 15.9 Å². The Kier molecular flexibility index (Phi) is 4.65. The van der Waals surface area contributed by atoms with Gasteiger partial charge in [0.05, 0.1) is 5.69 Å². The van der Waals surface area contributed by atoms with Gasteiger partial charge in [-0.05, 0) is 42.6 Å². The average Bonchev–Trinajstić information content (AvgIpc) is 3.20. The van der Waals surface area contributed by atoms with Gasteiger partial charge in [0.1, 0.15) is 4.21 Å². The molecule has 3 rings (SSSR count). The topological polar surface area (TPSA) is 88.2 Å². The Morgan fingerprint density at radius 3 is 2.46 bits per heavy atom. The molecule has 6 nitrogen and oxygen atoms in total. The number of benzene rings is 1. The predicted octanol–water partition coefficient (Wildman–Crippen LogP) is 3.57. The molecule has 0 aliphatic rings. The van der Waals surface area contributed by atoms with Crippen LogP contribution < -0.4 is 10.0 Å². The van der Waals surface area contributed by atoms with E-state index in [0.29, 0.717) is 16.4 Å². The van der Waals surface area contributed by atoms with Crippen LogP contribution in [0.2, 0.25) is 0 Å². The Morgan fingerprint density at radius 1 is 1.12 bits per heavy atom. The second-order valence-electron chi connectivity index (χ2n) is 4.86. The summed E-state index contributed by atoms with van der Waals surface area (Å²) in [5.41, 5.74) is 1.65. The Labute approximate surface area is 147 Å². The van der Waals surface area contributed by atoms with E-state index in [9.17, 15) is 13.2 Å². The highest BCUT2D eigenvalue weighted by Gasteiger charge is 2.15. The molecule has 0 bridgehead atoms. The molecule has 24 heavy (non-hydrogen) atoms. The Balaban J connectivity index is 1.70. The maximum Gasteiger partial charge on any atom is 0.271 e. The van der Waals surface area contributed by atoms with Crippen LogP contribution in [0, 0.1) is 6.92 Å². The number of sulfonamides is 1. The van der Waals surface area contributed by atoms with Gasteiger partial charge >= 0.3 is 0 Å². The number of hydrogen-bond donors (Lipinski definition) is 2. The summed E-state index contributed by atoms with van der Waals surface area (Å²) in [4.78, 5) is 16.3. The summed E-state index contributed by atoms with van der Waals surface area (Å²) in [6.45, 7) is 1.85. The first-order valence-corrected chi connectivity index (χ1v) is 10.1. The molecule has 0 aliphatic heterocycles. The fourth-order valence-electron chi connectivity index (χ4n) is 1.89. The van der Waals surface area contributed by atoms with Crippen LogP contribution in [0.1, 0.15) is 16.1 Å².